The fraction of sp³-hybridized carbons (Fsp3) is 0.333. The van der Waals surface area contributed by atoms with Crippen LogP contribution in [0.15, 0.2) is 28.7 Å². The second kappa shape index (κ2) is 5.62. The van der Waals surface area contributed by atoms with Crippen molar-refractivity contribution in [2.45, 2.75) is 5.75 Å². The molecule has 0 radical (unpaired) electrons. The normalized spacial score (nSPS) is 10.2. The van der Waals surface area contributed by atoms with E-state index in [0.717, 1.165) is 22.5 Å². The van der Waals surface area contributed by atoms with Gasteiger partial charge in [-0.1, -0.05) is 28.1 Å². The Morgan fingerprint density at radius 1 is 1.25 bits per heavy atom. The molecule has 1 aromatic rings. The number of nitrogens with two attached hydrogens (primary N) is 1. The molecule has 0 spiro atoms. The van der Waals surface area contributed by atoms with Gasteiger partial charge in [0.2, 0.25) is 0 Å². The van der Waals surface area contributed by atoms with Crippen LogP contribution in [0.4, 0.5) is 0 Å². The quantitative estimate of drug-likeness (QED) is 0.826. The molecule has 0 bridgehead atoms. The summed E-state index contributed by atoms with van der Waals surface area (Å²) in [7, 11) is 0. The van der Waals surface area contributed by atoms with E-state index in [-0.39, 0.29) is 0 Å². The van der Waals surface area contributed by atoms with E-state index in [1.165, 1.54) is 5.56 Å². The summed E-state index contributed by atoms with van der Waals surface area (Å²) in [6.07, 6.45) is 0. The Balaban J connectivity index is 2.37. The molecule has 0 saturated carbocycles. The molecule has 1 rings (SSSR count). The van der Waals surface area contributed by atoms with Crippen LogP contribution in [-0.2, 0) is 5.75 Å². The third kappa shape index (κ3) is 3.61. The molecule has 1 aromatic carbocycles. The second-order valence-electron chi connectivity index (χ2n) is 2.47. The van der Waals surface area contributed by atoms with Crippen LogP contribution in [-0.4, -0.2) is 12.3 Å². The average molecular weight is 246 g/mol. The first-order valence-electron chi connectivity index (χ1n) is 3.85. The van der Waals surface area contributed by atoms with E-state index in [9.17, 15) is 0 Å². The molecule has 0 fully saturated rings. The molecule has 0 heterocycles. The first kappa shape index (κ1) is 10.1. The van der Waals surface area contributed by atoms with E-state index in [1.807, 2.05) is 11.8 Å². The minimum absolute atomic E-state index is 0.765. The van der Waals surface area contributed by atoms with Crippen molar-refractivity contribution >= 4 is 27.7 Å². The fourth-order valence-electron chi connectivity index (χ4n) is 0.854. The highest BCUT2D eigenvalue weighted by atomic mass is 79.9. The standard InChI is InChI=1S/C9H12BrNS/c10-9-3-1-8(2-4-9)7-12-6-5-11/h1-4H,5-7,11H2. The molecule has 3 heteroatoms. The molecule has 66 valence electrons. The predicted molar refractivity (Wildman–Crippen MR) is 59.4 cm³/mol. The molecule has 0 atom stereocenters. The van der Waals surface area contributed by atoms with Crippen LogP contribution in [0, 0.1) is 0 Å². The van der Waals surface area contributed by atoms with Crippen LogP contribution < -0.4 is 5.73 Å². The Morgan fingerprint density at radius 2 is 1.92 bits per heavy atom. The van der Waals surface area contributed by atoms with E-state index in [0.29, 0.717) is 0 Å². The number of rotatable bonds is 4. The Bertz CT molecular complexity index is 222. The van der Waals surface area contributed by atoms with Gasteiger partial charge in [0.15, 0.2) is 0 Å². The van der Waals surface area contributed by atoms with E-state index in [1.54, 1.807) is 0 Å². The number of benzene rings is 1. The largest absolute Gasteiger partial charge is 0.330 e. The highest BCUT2D eigenvalue weighted by Gasteiger charge is 1.92. The lowest BCUT2D eigenvalue weighted by Crippen LogP contribution is -2.01. The average Bonchev–Trinajstić information content (AvgIpc) is 2.09. The zero-order valence-electron chi connectivity index (χ0n) is 6.79. The molecular formula is C9H12BrNS. The minimum atomic E-state index is 0.765. The van der Waals surface area contributed by atoms with Gasteiger partial charge in [0.1, 0.15) is 0 Å². The molecule has 2 N–H and O–H groups in total. The van der Waals surface area contributed by atoms with Gasteiger partial charge in [-0.05, 0) is 17.7 Å². The minimum Gasteiger partial charge on any atom is -0.330 e. The summed E-state index contributed by atoms with van der Waals surface area (Å²) in [4.78, 5) is 0. The number of thioether (sulfide) groups is 1. The maximum Gasteiger partial charge on any atom is 0.0185 e. The zero-order chi connectivity index (χ0) is 8.81. The maximum atomic E-state index is 5.39. The lowest BCUT2D eigenvalue weighted by molar-refractivity contribution is 1.15. The van der Waals surface area contributed by atoms with Crippen LogP contribution >= 0.6 is 27.7 Å². The van der Waals surface area contributed by atoms with E-state index in [2.05, 4.69) is 40.2 Å². The fourth-order valence-corrected chi connectivity index (χ4v) is 1.86. The molecule has 0 amide bonds. The third-order valence-corrected chi connectivity index (χ3v) is 3.03. The monoisotopic (exact) mass is 245 g/mol. The van der Waals surface area contributed by atoms with Gasteiger partial charge in [-0.25, -0.2) is 0 Å². The van der Waals surface area contributed by atoms with Crippen LogP contribution in [0.25, 0.3) is 0 Å². The smallest absolute Gasteiger partial charge is 0.0185 e. The van der Waals surface area contributed by atoms with Crippen LogP contribution in [0.2, 0.25) is 0 Å². The van der Waals surface area contributed by atoms with Crippen molar-refractivity contribution in [2.75, 3.05) is 12.3 Å². The summed E-state index contributed by atoms with van der Waals surface area (Å²) in [5.41, 5.74) is 6.75. The lowest BCUT2D eigenvalue weighted by Gasteiger charge is -1.99. The lowest BCUT2D eigenvalue weighted by atomic mass is 10.2. The predicted octanol–water partition coefficient (Wildman–Crippen LogP) is 2.64. The first-order valence-corrected chi connectivity index (χ1v) is 5.80. The van der Waals surface area contributed by atoms with E-state index >= 15 is 0 Å². The van der Waals surface area contributed by atoms with Crippen LogP contribution in [0.3, 0.4) is 0 Å². The molecule has 0 aromatic heterocycles. The van der Waals surface area contributed by atoms with Crippen molar-refractivity contribution in [3.8, 4) is 0 Å². The number of halogens is 1. The van der Waals surface area contributed by atoms with Crippen molar-refractivity contribution in [1.82, 2.24) is 0 Å². The topological polar surface area (TPSA) is 26.0 Å². The van der Waals surface area contributed by atoms with Crippen molar-refractivity contribution in [3.63, 3.8) is 0 Å². The van der Waals surface area contributed by atoms with Gasteiger partial charge in [-0.15, -0.1) is 0 Å². The van der Waals surface area contributed by atoms with Crippen molar-refractivity contribution in [2.24, 2.45) is 5.73 Å². The first-order chi connectivity index (χ1) is 5.83. The number of hydrogen-bond acceptors (Lipinski definition) is 2. The summed E-state index contributed by atoms with van der Waals surface area (Å²) < 4.78 is 1.13. The molecule has 12 heavy (non-hydrogen) atoms. The van der Waals surface area contributed by atoms with Crippen LogP contribution in [0.5, 0.6) is 0 Å². The van der Waals surface area contributed by atoms with Crippen molar-refractivity contribution in [3.05, 3.63) is 34.3 Å². The highest BCUT2D eigenvalue weighted by Crippen LogP contribution is 2.15. The van der Waals surface area contributed by atoms with Crippen LogP contribution in [0.1, 0.15) is 5.56 Å². The highest BCUT2D eigenvalue weighted by molar-refractivity contribution is 9.10. The molecule has 0 aliphatic heterocycles. The second-order valence-corrected chi connectivity index (χ2v) is 4.49. The van der Waals surface area contributed by atoms with Gasteiger partial charge in [0.05, 0.1) is 0 Å². The van der Waals surface area contributed by atoms with Gasteiger partial charge in [-0.2, -0.15) is 11.8 Å². The number of hydrogen-bond donors (Lipinski definition) is 1. The summed E-state index contributed by atoms with van der Waals surface area (Å²) in [6.45, 7) is 0.765. The van der Waals surface area contributed by atoms with Gasteiger partial charge in [-0.3, -0.25) is 0 Å². The summed E-state index contributed by atoms with van der Waals surface area (Å²) in [5.74, 6) is 2.10. The van der Waals surface area contributed by atoms with Gasteiger partial charge >= 0.3 is 0 Å². The Morgan fingerprint density at radius 3 is 2.50 bits per heavy atom. The molecular weight excluding hydrogens is 234 g/mol. The molecule has 0 aliphatic carbocycles. The Kier molecular flexibility index (Phi) is 4.73. The zero-order valence-corrected chi connectivity index (χ0v) is 9.20. The molecule has 0 saturated heterocycles. The molecule has 0 aliphatic rings. The van der Waals surface area contributed by atoms with Gasteiger partial charge < -0.3 is 5.73 Å². The van der Waals surface area contributed by atoms with Crippen molar-refractivity contribution < 1.29 is 0 Å². The third-order valence-electron chi connectivity index (χ3n) is 1.44. The van der Waals surface area contributed by atoms with Gasteiger partial charge in [0.25, 0.3) is 0 Å². The summed E-state index contributed by atoms with van der Waals surface area (Å²) >= 11 is 5.27. The maximum absolute atomic E-state index is 5.39. The van der Waals surface area contributed by atoms with Gasteiger partial charge in [0, 0.05) is 22.5 Å². The molecule has 1 nitrogen and oxygen atoms in total. The summed E-state index contributed by atoms with van der Waals surface area (Å²) in [6, 6.07) is 8.40. The Labute approximate surface area is 85.9 Å². The van der Waals surface area contributed by atoms with E-state index < -0.39 is 0 Å². The molecule has 0 unspecified atom stereocenters. The summed E-state index contributed by atoms with van der Waals surface area (Å²) in [5, 5.41) is 0. The van der Waals surface area contributed by atoms with E-state index in [4.69, 9.17) is 5.73 Å². The Hall–Kier alpha value is 0.01000. The SMILES string of the molecule is NCCSCc1ccc(Br)cc1. The van der Waals surface area contributed by atoms with Crippen molar-refractivity contribution in [1.29, 1.82) is 0 Å².